The van der Waals surface area contributed by atoms with Crippen molar-refractivity contribution in [3.8, 4) is 5.75 Å². The largest absolute Gasteiger partial charge is 0.470 e. The Bertz CT molecular complexity index is 1010. The Balaban J connectivity index is 2.54. The van der Waals surface area contributed by atoms with E-state index in [1.165, 1.54) is 23.1 Å². The molecule has 2 amide bonds. The van der Waals surface area contributed by atoms with Gasteiger partial charge in [-0.3, -0.25) is 14.5 Å². The number of hydrogen-bond donors (Lipinski definition) is 1. The molecule has 34 heavy (non-hydrogen) atoms. The Kier molecular flexibility index (Phi) is 10.5. The zero-order valence-corrected chi connectivity index (χ0v) is 19.9. The van der Waals surface area contributed by atoms with Gasteiger partial charge in [-0.05, 0) is 43.0 Å². The second kappa shape index (κ2) is 13.3. The number of carbonyl (C=O) groups excluding carboxylic acids is 2. The number of carbonyl (C=O) groups is 2. The number of aliphatic imine (C=N–C) groups is 1. The monoisotopic (exact) mass is 490 g/mol. The zero-order valence-electron chi connectivity index (χ0n) is 19.2. The summed E-state index contributed by atoms with van der Waals surface area (Å²) < 4.78 is 19.9. The molecule has 0 aliphatic rings. The van der Waals surface area contributed by atoms with Crippen LogP contribution in [0.1, 0.15) is 12.0 Å². The maximum atomic E-state index is 14.2. The lowest BCUT2D eigenvalue weighted by Gasteiger charge is -2.31. The van der Waals surface area contributed by atoms with Gasteiger partial charge in [0.25, 0.3) is 5.91 Å². The number of benzene rings is 2. The van der Waals surface area contributed by atoms with Crippen molar-refractivity contribution in [2.75, 3.05) is 34.0 Å². The predicted molar refractivity (Wildman–Crippen MR) is 129 cm³/mol. The minimum Gasteiger partial charge on any atom is -0.470 e. The van der Waals surface area contributed by atoms with Crippen LogP contribution in [0.15, 0.2) is 65.0 Å². The van der Waals surface area contributed by atoms with Gasteiger partial charge in [-0.25, -0.2) is 9.38 Å². The molecule has 0 radical (unpaired) electrons. The van der Waals surface area contributed by atoms with Gasteiger partial charge in [0, 0.05) is 38.8 Å². The first kappa shape index (κ1) is 26.8. The first-order chi connectivity index (χ1) is 16.3. The summed E-state index contributed by atoms with van der Waals surface area (Å²) in [5, 5.41) is 9.70. The molecule has 182 valence electrons. The van der Waals surface area contributed by atoms with Crippen molar-refractivity contribution in [3.05, 3.63) is 76.5 Å². The second-order valence-corrected chi connectivity index (χ2v) is 7.87. The molecule has 0 bridgehead atoms. The van der Waals surface area contributed by atoms with Crippen molar-refractivity contribution >= 4 is 30.6 Å². The summed E-state index contributed by atoms with van der Waals surface area (Å²) in [5.74, 6) is -1.03. The van der Waals surface area contributed by atoms with Crippen molar-refractivity contribution in [1.29, 1.82) is 0 Å². The summed E-state index contributed by atoms with van der Waals surface area (Å²) in [6.45, 7) is 3.31. The lowest BCUT2D eigenvalue weighted by Crippen LogP contribution is -2.41. The molecule has 1 N–H and O–H groups in total. The van der Waals surface area contributed by atoms with Gasteiger partial charge in [0.15, 0.2) is 24.1 Å². The van der Waals surface area contributed by atoms with Gasteiger partial charge < -0.3 is 19.6 Å². The zero-order chi connectivity index (χ0) is 25.1. The molecular formula is C24H28ClFN4O4. The van der Waals surface area contributed by atoms with E-state index in [1.807, 2.05) is 0 Å². The third kappa shape index (κ3) is 7.29. The molecule has 10 heteroatoms. The lowest BCUT2D eigenvalue weighted by molar-refractivity contribution is -0.137. The molecule has 0 aliphatic carbocycles. The van der Waals surface area contributed by atoms with Crippen LogP contribution in [0.25, 0.3) is 0 Å². The standard InChI is InChI=1S/C24H28ClFN4O4/c1-27-23(28(2)3)22(24(33)29(16-32)13-6-14-31)30(15-18-9-11-19(25)12-10-18)17-34-21-8-5-4-7-20(21)26/h4-5,7-12,16,31H,1,6,13-15,17H2,2-3H3/b23-22+. The van der Waals surface area contributed by atoms with Crippen molar-refractivity contribution in [2.24, 2.45) is 4.99 Å². The van der Waals surface area contributed by atoms with Crippen molar-refractivity contribution in [1.82, 2.24) is 14.7 Å². The van der Waals surface area contributed by atoms with Crippen LogP contribution in [-0.2, 0) is 16.1 Å². The van der Waals surface area contributed by atoms with Gasteiger partial charge >= 0.3 is 0 Å². The highest BCUT2D eigenvalue weighted by atomic mass is 35.5. The van der Waals surface area contributed by atoms with E-state index in [4.69, 9.17) is 21.4 Å². The average Bonchev–Trinajstić information content (AvgIpc) is 2.82. The highest BCUT2D eigenvalue weighted by molar-refractivity contribution is 6.30. The minimum absolute atomic E-state index is 0.000828. The Morgan fingerprint density at radius 1 is 1.21 bits per heavy atom. The highest BCUT2D eigenvalue weighted by Gasteiger charge is 2.28. The van der Waals surface area contributed by atoms with Gasteiger partial charge in [-0.1, -0.05) is 35.9 Å². The molecule has 0 spiro atoms. The van der Waals surface area contributed by atoms with Crippen molar-refractivity contribution in [3.63, 3.8) is 0 Å². The fourth-order valence-corrected chi connectivity index (χ4v) is 3.21. The summed E-state index contributed by atoms with van der Waals surface area (Å²) in [7, 11) is 3.35. The summed E-state index contributed by atoms with van der Waals surface area (Å²) in [6, 6.07) is 12.9. The van der Waals surface area contributed by atoms with Crippen LogP contribution in [0.4, 0.5) is 4.39 Å². The van der Waals surface area contributed by atoms with E-state index in [0.717, 1.165) is 10.5 Å². The minimum atomic E-state index is -0.661. The summed E-state index contributed by atoms with van der Waals surface area (Å²) in [4.78, 5) is 33.3. The molecule has 0 saturated heterocycles. The topological polar surface area (TPSA) is 85.7 Å². The SMILES string of the molecule is C=N/C(=C(/C(=O)N(C=O)CCCO)N(COc1ccccc1F)Cc1ccc(Cl)cc1)N(C)C. The van der Waals surface area contributed by atoms with E-state index in [9.17, 15) is 14.0 Å². The summed E-state index contributed by atoms with van der Waals surface area (Å²) >= 11 is 6.00. The van der Waals surface area contributed by atoms with E-state index in [-0.39, 0.29) is 50.1 Å². The molecule has 0 atom stereocenters. The van der Waals surface area contributed by atoms with Crippen molar-refractivity contribution < 1.29 is 23.8 Å². The van der Waals surface area contributed by atoms with E-state index >= 15 is 0 Å². The molecule has 0 saturated carbocycles. The smallest absolute Gasteiger partial charge is 0.280 e. The third-order valence-electron chi connectivity index (χ3n) is 4.75. The first-order valence-corrected chi connectivity index (χ1v) is 10.8. The van der Waals surface area contributed by atoms with Crippen LogP contribution >= 0.6 is 11.6 Å². The van der Waals surface area contributed by atoms with Crippen LogP contribution in [0, 0.1) is 5.82 Å². The number of aliphatic hydroxyl groups excluding tert-OH is 1. The van der Waals surface area contributed by atoms with E-state index in [1.54, 1.807) is 49.3 Å². The maximum Gasteiger partial charge on any atom is 0.280 e. The first-order valence-electron chi connectivity index (χ1n) is 10.4. The van der Waals surface area contributed by atoms with E-state index in [2.05, 4.69) is 11.7 Å². The fraction of sp³-hybridized carbons (Fsp3) is 0.292. The quantitative estimate of drug-likeness (QED) is 0.201. The summed E-state index contributed by atoms with van der Waals surface area (Å²) in [6.07, 6.45) is 0.603. The number of aliphatic hydroxyl groups is 1. The maximum absolute atomic E-state index is 14.2. The molecule has 0 aliphatic heterocycles. The van der Waals surface area contributed by atoms with Gasteiger partial charge in [0.2, 0.25) is 6.41 Å². The Labute approximate surface area is 203 Å². The Morgan fingerprint density at radius 2 is 1.88 bits per heavy atom. The van der Waals surface area contributed by atoms with Crippen LogP contribution in [-0.4, -0.2) is 72.8 Å². The molecule has 0 fully saturated rings. The Hall–Kier alpha value is -3.43. The number of imide groups is 1. The molecular weight excluding hydrogens is 463 g/mol. The van der Waals surface area contributed by atoms with E-state index in [0.29, 0.717) is 11.4 Å². The van der Waals surface area contributed by atoms with Gasteiger partial charge in [-0.15, -0.1) is 0 Å². The number of hydrogen-bond acceptors (Lipinski definition) is 7. The summed E-state index contributed by atoms with van der Waals surface area (Å²) in [5.41, 5.74) is 0.804. The highest BCUT2D eigenvalue weighted by Crippen LogP contribution is 2.23. The van der Waals surface area contributed by atoms with E-state index < -0.39 is 11.7 Å². The average molecular weight is 491 g/mol. The number of halogens is 2. The number of para-hydroxylation sites is 1. The normalized spacial score (nSPS) is 11.3. The second-order valence-electron chi connectivity index (χ2n) is 7.43. The van der Waals surface area contributed by atoms with Crippen LogP contribution < -0.4 is 4.74 Å². The van der Waals surface area contributed by atoms with Crippen LogP contribution in [0.3, 0.4) is 0 Å². The van der Waals surface area contributed by atoms with Crippen LogP contribution in [0.2, 0.25) is 5.02 Å². The predicted octanol–water partition coefficient (Wildman–Crippen LogP) is 3.12. The number of nitrogens with zero attached hydrogens (tertiary/aromatic N) is 4. The lowest BCUT2D eigenvalue weighted by atomic mass is 10.2. The molecule has 0 heterocycles. The number of amides is 2. The third-order valence-corrected chi connectivity index (χ3v) is 5.00. The molecule has 0 unspecified atom stereocenters. The van der Waals surface area contributed by atoms with Gasteiger partial charge in [-0.2, -0.15) is 0 Å². The molecule has 2 aromatic rings. The van der Waals surface area contributed by atoms with Gasteiger partial charge in [0.1, 0.15) is 5.70 Å². The Morgan fingerprint density at radius 3 is 2.44 bits per heavy atom. The fourth-order valence-electron chi connectivity index (χ4n) is 3.09. The van der Waals surface area contributed by atoms with Crippen LogP contribution in [0.5, 0.6) is 5.75 Å². The van der Waals surface area contributed by atoms with Gasteiger partial charge in [0.05, 0.1) is 0 Å². The molecule has 0 aromatic heterocycles. The van der Waals surface area contributed by atoms with Crippen molar-refractivity contribution in [2.45, 2.75) is 13.0 Å². The number of rotatable bonds is 13. The molecule has 2 aromatic carbocycles. The number of ether oxygens (including phenoxy) is 1. The molecule has 2 rings (SSSR count). The molecule has 8 nitrogen and oxygen atoms in total.